The highest BCUT2D eigenvalue weighted by Crippen LogP contribution is 2.41. The lowest BCUT2D eigenvalue weighted by atomic mass is 9.71. The van der Waals surface area contributed by atoms with Gasteiger partial charge in [-0.2, -0.15) is 23.4 Å². The molecule has 1 aromatic heterocycles. The number of aliphatic carboxylic acids is 1. The summed E-state index contributed by atoms with van der Waals surface area (Å²) in [6.45, 7) is 11.6. The van der Waals surface area contributed by atoms with E-state index >= 15 is 0 Å². The number of nitrogens with zero attached hydrogens (tertiary/aromatic N) is 2. The summed E-state index contributed by atoms with van der Waals surface area (Å²) < 4.78 is 51.2. The van der Waals surface area contributed by atoms with Crippen molar-refractivity contribution in [3.63, 3.8) is 0 Å². The third kappa shape index (κ3) is 7.53. The molecule has 1 aliphatic rings. The Morgan fingerprint density at radius 3 is 2.27 bits per heavy atom. The first kappa shape index (κ1) is 31.8. The van der Waals surface area contributed by atoms with Crippen LogP contribution in [0.5, 0.6) is 0 Å². The SMILES string of the molecule is CC1Cc2nnc(-c3cccc(C(F)(F)F)c3)cc2C(OC(=O)C(CC(=O)O)(NC(=O)OC(C)(C)C)C(C)(C)C)C1. The van der Waals surface area contributed by atoms with Gasteiger partial charge in [0.05, 0.1) is 23.4 Å². The van der Waals surface area contributed by atoms with Gasteiger partial charge in [-0.3, -0.25) is 4.79 Å². The number of halogens is 3. The van der Waals surface area contributed by atoms with Gasteiger partial charge in [-0.15, -0.1) is 0 Å². The number of carbonyl (C=O) groups is 3. The fourth-order valence-electron chi connectivity index (χ4n) is 4.74. The zero-order valence-corrected chi connectivity index (χ0v) is 24.2. The zero-order valence-electron chi connectivity index (χ0n) is 24.2. The lowest BCUT2D eigenvalue weighted by molar-refractivity contribution is -0.168. The highest BCUT2D eigenvalue weighted by atomic mass is 19.4. The van der Waals surface area contributed by atoms with E-state index in [-0.39, 0.29) is 17.2 Å². The number of alkyl halides is 3. The predicted octanol–water partition coefficient (Wildman–Crippen LogP) is 6.11. The number of carboxylic acids is 1. The van der Waals surface area contributed by atoms with Crippen molar-refractivity contribution in [2.45, 2.75) is 91.1 Å². The Morgan fingerprint density at radius 1 is 1.05 bits per heavy atom. The van der Waals surface area contributed by atoms with Gasteiger partial charge in [0, 0.05) is 11.1 Å². The van der Waals surface area contributed by atoms with Crippen molar-refractivity contribution in [2.75, 3.05) is 0 Å². The number of nitrogens with one attached hydrogen (secondary N) is 1. The summed E-state index contributed by atoms with van der Waals surface area (Å²) in [6.07, 6.45) is -6.40. The van der Waals surface area contributed by atoms with Crippen molar-refractivity contribution in [3.05, 3.63) is 47.2 Å². The van der Waals surface area contributed by atoms with Crippen LogP contribution >= 0.6 is 0 Å². The Bertz CT molecular complexity index is 1320. The van der Waals surface area contributed by atoms with Crippen LogP contribution < -0.4 is 5.32 Å². The Morgan fingerprint density at radius 2 is 1.71 bits per heavy atom. The predicted molar refractivity (Wildman–Crippen MR) is 143 cm³/mol. The van der Waals surface area contributed by atoms with Gasteiger partial charge in [0.1, 0.15) is 11.7 Å². The van der Waals surface area contributed by atoms with E-state index in [0.717, 1.165) is 12.1 Å². The second-order valence-electron chi connectivity index (χ2n) is 12.5. The fraction of sp³-hybridized carbons (Fsp3) is 0.552. The lowest BCUT2D eigenvalue weighted by Gasteiger charge is -2.43. The van der Waals surface area contributed by atoms with Gasteiger partial charge < -0.3 is 19.9 Å². The van der Waals surface area contributed by atoms with Crippen molar-refractivity contribution in [2.24, 2.45) is 11.3 Å². The van der Waals surface area contributed by atoms with E-state index in [2.05, 4.69) is 15.5 Å². The highest BCUT2D eigenvalue weighted by molar-refractivity contribution is 5.91. The van der Waals surface area contributed by atoms with Crippen molar-refractivity contribution in [3.8, 4) is 11.3 Å². The molecule has 3 atom stereocenters. The summed E-state index contributed by atoms with van der Waals surface area (Å²) in [7, 11) is 0. The Balaban J connectivity index is 2.04. The van der Waals surface area contributed by atoms with E-state index in [1.165, 1.54) is 12.1 Å². The zero-order chi connectivity index (χ0) is 31.0. The Kier molecular flexibility index (Phi) is 8.76. The van der Waals surface area contributed by atoms with Gasteiger partial charge in [0.15, 0.2) is 5.54 Å². The van der Waals surface area contributed by atoms with Crippen molar-refractivity contribution >= 4 is 18.0 Å². The number of carboxylic acid groups (broad SMARTS) is 1. The Labute approximate surface area is 236 Å². The molecule has 0 saturated carbocycles. The minimum atomic E-state index is -4.55. The summed E-state index contributed by atoms with van der Waals surface area (Å²) in [5.74, 6) is -2.33. The molecule has 1 amide bonds. The number of esters is 1. The smallest absolute Gasteiger partial charge is 0.416 e. The molecule has 224 valence electrons. The molecule has 0 aliphatic heterocycles. The summed E-state index contributed by atoms with van der Waals surface area (Å²) in [5.41, 5.74) is -3.62. The maximum atomic E-state index is 13.9. The van der Waals surface area contributed by atoms with E-state index in [4.69, 9.17) is 9.47 Å². The molecule has 1 aromatic carbocycles. The number of benzene rings is 1. The summed E-state index contributed by atoms with van der Waals surface area (Å²) in [6, 6.07) is 6.20. The quantitative estimate of drug-likeness (QED) is 0.392. The number of rotatable bonds is 6. The van der Waals surface area contributed by atoms with Gasteiger partial charge in [-0.25, -0.2) is 9.59 Å². The van der Waals surface area contributed by atoms with Crippen LogP contribution in [0.2, 0.25) is 0 Å². The lowest BCUT2D eigenvalue weighted by Crippen LogP contribution is -2.64. The van der Waals surface area contributed by atoms with Gasteiger partial charge in [0.25, 0.3) is 0 Å². The number of carbonyl (C=O) groups excluding carboxylic acids is 2. The van der Waals surface area contributed by atoms with Crippen LogP contribution in [-0.4, -0.2) is 44.5 Å². The molecular weight excluding hydrogens is 543 g/mol. The van der Waals surface area contributed by atoms with E-state index in [0.29, 0.717) is 24.1 Å². The molecule has 0 bridgehead atoms. The average Bonchev–Trinajstić information content (AvgIpc) is 2.80. The molecule has 0 saturated heterocycles. The first-order chi connectivity index (χ1) is 18.7. The first-order valence-corrected chi connectivity index (χ1v) is 13.2. The number of amides is 1. The normalized spacial score (nSPS) is 19.0. The van der Waals surface area contributed by atoms with Gasteiger partial charge in [0.2, 0.25) is 0 Å². The monoisotopic (exact) mass is 579 g/mol. The van der Waals surface area contributed by atoms with Gasteiger partial charge in [-0.1, -0.05) is 39.8 Å². The van der Waals surface area contributed by atoms with Gasteiger partial charge in [-0.05, 0) is 63.1 Å². The van der Waals surface area contributed by atoms with Crippen LogP contribution in [0.25, 0.3) is 11.3 Å². The number of hydrogen-bond donors (Lipinski definition) is 2. The molecule has 41 heavy (non-hydrogen) atoms. The molecule has 0 fully saturated rings. The van der Waals surface area contributed by atoms with E-state index < -0.39 is 58.9 Å². The highest BCUT2D eigenvalue weighted by Gasteiger charge is 2.54. The molecule has 1 aliphatic carbocycles. The van der Waals surface area contributed by atoms with Crippen LogP contribution in [0, 0.1) is 11.3 Å². The summed E-state index contributed by atoms with van der Waals surface area (Å²) >= 11 is 0. The molecule has 12 heteroatoms. The van der Waals surface area contributed by atoms with Crippen LogP contribution in [0.15, 0.2) is 30.3 Å². The maximum Gasteiger partial charge on any atom is 0.416 e. The van der Waals surface area contributed by atoms with Crippen molar-refractivity contribution in [1.82, 2.24) is 15.5 Å². The van der Waals surface area contributed by atoms with E-state index in [1.807, 2.05) is 6.92 Å². The maximum absolute atomic E-state index is 13.9. The van der Waals surface area contributed by atoms with Crippen molar-refractivity contribution < 1.29 is 42.1 Å². The Hall–Kier alpha value is -3.70. The van der Waals surface area contributed by atoms with E-state index in [1.54, 1.807) is 47.6 Å². The number of ether oxygens (including phenoxy) is 2. The number of fused-ring (bicyclic) bond motifs is 1. The molecule has 3 rings (SSSR count). The molecule has 3 unspecified atom stereocenters. The third-order valence-corrected chi connectivity index (χ3v) is 6.90. The van der Waals surface area contributed by atoms with Crippen molar-refractivity contribution in [1.29, 1.82) is 0 Å². The number of aromatic nitrogens is 2. The summed E-state index contributed by atoms with van der Waals surface area (Å²) in [4.78, 5) is 38.7. The molecular formula is C29H36F3N3O6. The molecule has 2 N–H and O–H groups in total. The minimum Gasteiger partial charge on any atom is -0.481 e. The van der Waals surface area contributed by atoms with E-state index in [9.17, 15) is 32.7 Å². The largest absolute Gasteiger partial charge is 0.481 e. The second kappa shape index (κ2) is 11.3. The first-order valence-electron chi connectivity index (χ1n) is 13.2. The molecule has 1 heterocycles. The fourth-order valence-corrected chi connectivity index (χ4v) is 4.74. The minimum absolute atomic E-state index is 0.00340. The molecule has 0 spiro atoms. The van der Waals surface area contributed by atoms with Gasteiger partial charge >= 0.3 is 24.2 Å². The topological polar surface area (TPSA) is 128 Å². The van der Waals surface area contributed by atoms with Crippen LogP contribution in [0.3, 0.4) is 0 Å². The standard InChI is InChI=1S/C29H36F3N3O6/c1-16-11-21-19(14-20(34-35-21)17-9-8-10-18(13-17)29(30,31)32)22(12-16)40-24(38)28(15-23(36)37,26(2,3)4)33-25(39)41-27(5,6)7/h8-10,13-14,16,22H,11-12,15H2,1-7H3,(H,33,39)(H,36,37). The summed E-state index contributed by atoms with van der Waals surface area (Å²) in [5, 5.41) is 20.6. The number of hydrogen-bond acceptors (Lipinski definition) is 7. The van der Waals surface area contributed by atoms with Crippen LogP contribution in [0.4, 0.5) is 18.0 Å². The van der Waals surface area contributed by atoms with Crippen LogP contribution in [0.1, 0.15) is 84.2 Å². The molecule has 2 aromatic rings. The average molecular weight is 580 g/mol. The number of alkyl carbamates (subject to hydrolysis) is 1. The third-order valence-electron chi connectivity index (χ3n) is 6.90. The molecule has 9 nitrogen and oxygen atoms in total. The molecule has 0 radical (unpaired) electrons. The van der Waals surface area contributed by atoms with Crippen LogP contribution in [-0.2, 0) is 31.7 Å². The second-order valence-corrected chi connectivity index (χ2v) is 12.5.